The Kier molecular flexibility index (Phi) is 4.53. The predicted molar refractivity (Wildman–Crippen MR) is 34.4 cm³/mol. The minimum atomic E-state index is -0.935. The lowest BCUT2D eigenvalue weighted by Crippen LogP contribution is -2.14. The molecule has 1 fully saturated rings. The van der Waals surface area contributed by atoms with Crippen LogP contribution in [0.15, 0.2) is 12.2 Å². The second-order valence-corrected chi connectivity index (χ2v) is 1.73. The minimum absolute atomic E-state index is 0.176. The quantitative estimate of drug-likeness (QED) is 0.434. The van der Waals surface area contributed by atoms with Gasteiger partial charge in [0.15, 0.2) is 0 Å². The van der Waals surface area contributed by atoms with Gasteiger partial charge in [0, 0.05) is 5.57 Å². The first-order valence-electron chi connectivity index (χ1n) is 2.78. The summed E-state index contributed by atoms with van der Waals surface area (Å²) in [4.78, 5) is 18.0. The van der Waals surface area contributed by atoms with E-state index in [1.807, 2.05) is 0 Å². The first-order valence-corrected chi connectivity index (χ1v) is 2.78. The van der Waals surface area contributed by atoms with Crippen LogP contribution in [0.1, 0.15) is 6.92 Å². The van der Waals surface area contributed by atoms with Crippen LogP contribution >= 0.6 is 0 Å². The molecular formula is C6H10O4. The first-order chi connectivity index (χ1) is 4.64. The zero-order valence-electron chi connectivity index (χ0n) is 5.79. The maximum Gasteiger partial charge on any atom is 0.330 e. The molecule has 10 heavy (non-hydrogen) atoms. The highest BCUT2D eigenvalue weighted by atomic mass is 17.2. The van der Waals surface area contributed by atoms with Gasteiger partial charge in [-0.05, 0) is 6.92 Å². The maximum absolute atomic E-state index is 9.60. The van der Waals surface area contributed by atoms with Gasteiger partial charge in [0.25, 0.3) is 0 Å². The largest absolute Gasteiger partial charge is 0.478 e. The van der Waals surface area contributed by atoms with Crippen molar-refractivity contribution in [2.75, 3.05) is 13.2 Å². The summed E-state index contributed by atoms with van der Waals surface area (Å²) >= 11 is 0. The Hall–Kier alpha value is -0.870. The number of carboxylic acids is 1. The molecule has 1 aliphatic rings. The maximum atomic E-state index is 9.60. The molecule has 1 saturated heterocycles. The molecule has 1 rings (SSSR count). The summed E-state index contributed by atoms with van der Waals surface area (Å²) in [7, 11) is 0. The standard InChI is InChI=1S/C4H6O2.C2H4O2/c1-3(2)4(5)6;1-2-4-3-1/h1H2,2H3,(H,5,6);1-2H2. The molecule has 0 aromatic rings. The Bertz CT molecular complexity index is 110. The van der Waals surface area contributed by atoms with Gasteiger partial charge in [-0.3, -0.25) is 0 Å². The third-order valence-corrected chi connectivity index (χ3v) is 0.698. The van der Waals surface area contributed by atoms with Crippen LogP contribution in [-0.2, 0) is 14.6 Å². The summed E-state index contributed by atoms with van der Waals surface area (Å²) in [5.41, 5.74) is 0.176. The van der Waals surface area contributed by atoms with E-state index in [1.54, 1.807) is 0 Å². The molecule has 4 nitrogen and oxygen atoms in total. The van der Waals surface area contributed by atoms with E-state index < -0.39 is 5.97 Å². The van der Waals surface area contributed by atoms with Crippen molar-refractivity contribution in [1.82, 2.24) is 0 Å². The molecular weight excluding hydrogens is 136 g/mol. The first kappa shape index (κ1) is 9.13. The summed E-state index contributed by atoms with van der Waals surface area (Å²) in [5, 5.41) is 7.89. The second kappa shape index (κ2) is 4.96. The zero-order valence-corrected chi connectivity index (χ0v) is 5.79. The molecule has 0 amide bonds. The summed E-state index contributed by atoms with van der Waals surface area (Å²) < 4.78 is 0. The number of hydrogen-bond donors (Lipinski definition) is 1. The third-order valence-electron chi connectivity index (χ3n) is 0.698. The van der Waals surface area contributed by atoms with Gasteiger partial charge < -0.3 is 5.11 Å². The van der Waals surface area contributed by atoms with Gasteiger partial charge in [-0.25, -0.2) is 14.6 Å². The van der Waals surface area contributed by atoms with Crippen molar-refractivity contribution in [3.8, 4) is 0 Å². The molecule has 0 aromatic heterocycles. The van der Waals surface area contributed by atoms with Gasteiger partial charge in [-0.15, -0.1) is 0 Å². The minimum Gasteiger partial charge on any atom is -0.478 e. The van der Waals surface area contributed by atoms with Crippen molar-refractivity contribution in [3.63, 3.8) is 0 Å². The lowest BCUT2D eigenvalue weighted by molar-refractivity contribution is -0.382. The highest BCUT2D eigenvalue weighted by Crippen LogP contribution is 1.87. The fraction of sp³-hybridized carbons (Fsp3) is 0.500. The number of carboxylic acid groups (broad SMARTS) is 1. The molecule has 58 valence electrons. The van der Waals surface area contributed by atoms with E-state index in [0.717, 1.165) is 13.2 Å². The van der Waals surface area contributed by atoms with E-state index in [-0.39, 0.29) is 5.57 Å². The Morgan fingerprint density at radius 3 is 1.70 bits per heavy atom. The Morgan fingerprint density at radius 1 is 1.50 bits per heavy atom. The van der Waals surface area contributed by atoms with Crippen molar-refractivity contribution in [3.05, 3.63) is 12.2 Å². The van der Waals surface area contributed by atoms with Gasteiger partial charge >= 0.3 is 5.97 Å². The Morgan fingerprint density at radius 2 is 1.70 bits per heavy atom. The van der Waals surface area contributed by atoms with Gasteiger partial charge in [0.2, 0.25) is 0 Å². The van der Waals surface area contributed by atoms with Gasteiger partial charge in [0.05, 0.1) is 0 Å². The summed E-state index contributed by atoms with van der Waals surface area (Å²) in [6, 6.07) is 0. The lowest BCUT2D eigenvalue weighted by Gasteiger charge is -2.08. The van der Waals surface area contributed by atoms with Crippen LogP contribution in [0.25, 0.3) is 0 Å². The second-order valence-electron chi connectivity index (χ2n) is 1.73. The molecule has 0 aliphatic carbocycles. The van der Waals surface area contributed by atoms with Crippen molar-refractivity contribution in [2.45, 2.75) is 6.92 Å². The fourth-order valence-corrected chi connectivity index (χ4v) is 0.0833. The van der Waals surface area contributed by atoms with Crippen LogP contribution in [0.5, 0.6) is 0 Å². The average molecular weight is 146 g/mol. The van der Waals surface area contributed by atoms with Gasteiger partial charge in [-0.1, -0.05) is 6.58 Å². The summed E-state index contributed by atoms with van der Waals surface area (Å²) in [6.45, 7) is 6.16. The van der Waals surface area contributed by atoms with Crippen LogP contribution in [0.4, 0.5) is 0 Å². The normalized spacial score (nSPS) is 14.1. The van der Waals surface area contributed by atoms with Crippen molar-refractivity contribution in [2.24, 2.45) is 0 Å². The van der Waals surface area contributed by atoms with Crippen LogP contribution in [0.3, 0.4) is 0 Å². The molecule has 4 heteroatoms. The number of rotatable bonds is 1. The smallest absolute Gasteiger partial charge is 0.330 e. The molecule has 0 saturated carbocycles. The highest BCUT2D eigenvalue weighted by molar-refractivity contribution is 5.84. The van der Waals surface area contributed by atoms with E-state index in [9.17, 15) is 4.79 Å². The molecule has 1 aliphatic heterocycles. The van der Waals surface area contributed by atoms with Gasteiger partial charge in [-0.2, -0.15) is 0 Å². The van der Waals surface area contributed by atoms with Crippen LogP contribution in [0, 0.1) is 0 Å². The Labute approximate surface area is 59.0 Å². The van der Waals surface area contributed by atoms with Gasteiger partial charge in [0.1, 0.15) is 13.2 Å². The van der Waals surface area contributed by atoms with E-state index in [2.05, 4.69) is 16.4 Å². The summed E-state index contributed by atoms with van der Waals surface area (Å²) in [5.74, 6) is -0.935. The number of carbonyl (C=O) groups is 1. The highest BCUT2D eigenvalue weighted by Gasteiger charge is 1.95. The van der Waals surface area contributed by atoms with Crippen LogP contribution in [0.2, 0.25) is 0 Å². The van der Waals surface area contributed by atoms with E-state index in [4.69, 9.17) is 5.11 Å². The monoisotopic (exact) mass is 146 g/mol. The van der Waals surface area contributed by atoms with E-state index >= 15 is 0 Å². The molecule has 0 spiro atoms. The fourth-order valence-electron chi connectivity index (χ4n) is 0.0833. The molecule has 1 N–H and O–H groups in total. The van der Waals surface area contributed by atoms with Crippen molar-refractivity contribution < 1.29 is 19.7 Å². The van der Waals surface area contributed by atoms with E-state index in [0.29, 0.717) is 0 Å². The number of hydrogen-bond acceptors (Lipinski definition) is 3. The molecule has 0 atom stereocenters. The lowest BCUT2D eigenvalue weighted by atomic mass is 10.4. The SMILES string of the molecule is C1COO1.C=C(C)C(=O)O. The topological polar surface area (TPSA) is 55.8 Å². The van der Waals surface area contributed by atoms with Crippen molar-refractivity contribution >= 4 is 5.97 Å². The van der Waals surface area contributed by atoms with Crippen LogP contribution in [-0.4, -0.2) is 24.3 Å². The predicted octanol–water partition coefficient (Wildman–Crippen LogP) is 0.595. The molecule has 0 bridgehead atoms. The summed E-state index contributed by atoms with van der Waals surface area (Å²) in [6.07, 6.45) is 0. The molecule has 1 heterocycles. The van der Waals surface area contributed by atoms with Crippen molar-refractivity contribution in [1.29, 1.82) is 0 Å². The molecule has 0 aromatic carbocycles. The van der Waals surface area contributed by atoms with E-state index in [1.165, 1.54) is 6.92 Å². The third kappa shape index (κ3) is 5.27. The molecule has 0 unspecified atom stereocenters. The van der Waals surface area contributed by atoms with Crippen LogP contribution < -0.4 is 0 Å². The molecule has 0 radical (unpaired) electrons. The average Bonchev–Trinajstić information content (AvgIpc) is 1.59. The number of aliphatic carboxylic acids is 1. The Balaban J connectivity index is 0.000000172. The zero-order chi connectivity index (χ0) is 7.98.